The minimum absolute atomic E-state index is 0.294. The third-order valence-electron chi connectivity index (χ3n) is 4.56. The van der Waals surface area contributed by atoms with Crippen LogP contribution >= 0.6 is 11.8 Å². The van der Waals surface area contributed by atoms with Crippen LogP contribution in [0.5, 0.6) is 0 Å². The molecule has 1 aromatic rings. The second-order valence-corrected chi connectivity index (χ2v) is 7.01. The number of nitrogens with one attached hydrogen (secondary N) is 1. The molecule has 0 radical (unpaired) electrons. The van der Waals surface area contributed by atoms with Crippen molar-refractivity contribution in [3.05, 3.63) is 35.9 Å². The van der Waals surface area contributed by atoms with E-state index in [0.29, 0.717) is 0 Å². The molecule has 0 saturated heterocycles. The summed E-state index contributed by atoms with van der Waals surface area (Å²) in [5.41, 5.74) is 5.92. The van der Waals surface area contributed by atoms with E-state index in [1.54, 1.807) is 0 Å². The first-order valence-corrected chi connectivity index (χ1v) is 8.96. The third kappa shape index (κ3) is 4.01. The van der Waals surface area contributed by atoms with Crippen molar-refractivity contribution in [1.29, 1.82) is 0 Å². The number of hydrogen-bond acceptors (Lipinski definition) is 3. The first kappa shape index (κ1) is 16.4. The minimum Gasteiger partial charge on any atom is -0.368 e. The maximum atomic E-state index is 12.1. The summed E-state index contributed by atoms with van der Waals surface area (Å²) in [6.45, 7) is 0. The molecule has 2 rings (SSSR count). The summed E-state index contributed by atoms with van der Waals surface area (Å²) >= 11 is 1.96. The van der Waals surface area contributed by atoms with Crippen LogP contribution in [0.2, 0.25) is 0 Å². The summed E-state index contributed by atoms with van der Waals surface area (Å²) in [6, 6.07) is 9.82. The van der Waals surface area contributed by atoms with Gasteiger partial charge in [-0.05, 0) is 49.3 Å². The molecule has 0 spiro atoms. The lowest BCUT2D eigenvalue weighted by Gasteiger charge is -2.31. The number of amides is 1. The zero-order chi connectivity index (χ0) is 15.1. The lowest BCUT2D eigenvalue weighted by molar-refractivity contribution is -0.124. The van der Waals surface area contributed by atoms with Crippen LogP contribution in [0.3, 0.4) is 0 Å². The first-order valence-electron chi connectivity index (χ1n) is 7.81. The molecule has 0 aromatic heterocycles. The van der Waals surface area contributed by atoms with Crippen LogP contribution in [-0.4, -0.2) is 24.5 Å². The van der Waals surface area contributed by atoms with Crippen LogP contribution in [0, 0.1) is 5.92 Å². The lowest BCUT2D eigenvalue weighted by atomic mass is 9.86. The number of thioether (sulfide) groups is 1. The SMILES string of the molecule is CNC(CCSCC1CCCC1)(C(N)=O)c1ccccc1. The quantitative estimate of drug-likeness (QED) is 0.726. The zero-order valence-electron chi connectivity index (χ0n) is 12.8. The molecule has 1 fully saturated rings. The van der Waals surface area contributed by atoms with Gasteiger partial charge in [0, 0.05) is 0 Å². The van der Waals surface area contributed by atoms with E-state index >= 15 is 0 Å². The maximum absolute atomic E-state index is 12.1. The van der Waals surface area contributed by atoms with Crippen LogP contribution < -0.4 is 11.1 Å². The average Bonchev–Trinajstić information content (AvgIpc) is 3.01. The van der Waals surface area contributed by atoms with E-state index in [1.165, 1.54) is 31.4 Å². The predicted octanol–water partition coefficient (Wildman–Crippen LogP) is 2.90. The monoisotopic (exact) mass is 306 g/mol. The van der Waals surface area contributed by atoms with Gasteiger partial charge < -0.3 is 11.1 Å². The number of carbonyl (C=O) groups is 1. The number of primary amides is 1. The van der Waals surface area contributed by atoms with E-state index in [9.17, 15) is 4.79 Å². The van der Waals surface area contributed by atoms with Crippen molar-refractivity contribution in [3.8, 4) is 0 Å². The number of likely N-dealkylation sites (N-methyl/N-ethyl adjacent to an activating group) is 1. The van der Waals surface area contributed by atoms with Crippen LogP contribution in [0.25, 0.3) is 0 Å². The maximum Gasteiger partial charge on any atom is 0.242 e. The predicted molar refractivity (Wildman–Crippen MR) is 90.3 cm³/mol. The van der Waals surface area contributed by atoms with Crippen molar-refractivity contribution in [1.82, 2.24) is 5.32 Å². The Morgan fingerprint density at radius 2 is 2.00 bits per heavy atom. The summed E-state index contributed by atoms with van der Waals surface area (Å²) in [7, 11) is 1.82. The van der Waals surface area contributed by atoms with Crippen LogP contribution in [0.1, 0.15) is 37.7 Å². The molecular weight excluding hydrogens is 280 g/mol. The fourth-order valence-electron chi connectivity index (χ4n) is 3.18. The first-order chi connectivity index (χ1) is 10.2. The van der Waals surface area contributed by atoms with Gasteiger partial charge in [0.15, 0.2) is 0 Å². The summed E-state index contributed by atoms with van der Waals surface area (Å²) in [4.78, 5) is 12.1. The molecule has 1 saturated carbocycles. The smallest absolute Gasteiger partial charge is 0.242 e. The highest BCUT2D eigenvalue weighted by atomic mass is 32.2. The molecule has 116 valence electrons. The standard InChI is InChI=1S/C17H26N2OS/c1-19-17(16(18)20,15-9-3-2-4-10-15)11-12-21-13-14-7-5-6-8-14/h2-4,9-10,14,19H,5-8,11-13H2,1H3,(H2,18,20). The van der Waals surface area contributed by atoms with Gasteiger partial charge in [-0.3, -0.25) is 4.79 Å². The van der Waals surface area contributed by atoms with Gasteiger partial charge in [0.05, 0.1) is 0 Å². The van der Waals surface area contributed by atoms with Crippen LogP contribution in [-0.2, 0) is 10.3 Å². The number of carbonyl (C=O) groups excluding carboxylic acids is 1. The van der Waals surface area contributed by atoms with Crippen LogP contribution in [0.15, 0.2) is 30.3 Å². The number of nitrogens with two attached hydrogens (primary N) is 1. The van der Waals surface area contributed by atoms with Crippen LogP contribution in [0.4, 0.5) is 0 Å². The molecule has 4 heteroatoms. The van der Waals surface area contributed by atoms with Gasteiger partial charge in [-0.25, -0.2) is 0 Å². The van der Waals surface area contributed by atoms with Gasteiger partial charge >= 0.3 is 0 Å². The Hall–Kier alpha value is -1.00. The largest absolute Gasteiger partial charge is 0.368 e. The van der Waals surface area contributed by atoms with E-state index in [-0.39, 0.29) is 5.91 Å². The van der Waals surface area contributed by atoms with Gasteiger partial charge in [-0.15, -0.1) is 0 Å². The van der Waals surface area contributed by atoms with Crippen molar-refractivity contribution in [3.63, 3.8) is 0 Å². The Morgan fingerprint density at radius 3 is 2.57 bits per heavy atom. The normalized spacial score (nSPS) is 18.5. The number of hydrogen-bond donors (Lipinski definition) is 2. The van der Waals surface area contributed by atoms with Crippen molar-refractivity contribution in [2.45, 2.75) is 37.6 Å². The molecule has 1 aliphatic rings. The van der Waals surface area contributed by atoms with Crippen molar-refractivity contribution < 1.29 is 4.79 Å². The number of benzene rings is 1. The Morgan fingerprint density at radius 1 is 1.33 bits per heavy atom. The number of rotatable bonds is 8. The van der Waals surface area contributed by atoms with Crippen molar-refractivity contribution in [2.24, 2.45) is 11.7 Å². The average molecular weight is 306 g/mol. The fraction of sp³-hybridized carbons (Fsp3) is 0.588. The summed E-state index contributed by atoms with van der Waals surface area (Å²) in [5, 5.41) is 3.17. The molecule has 1 aliphatic carbocycles. The van der Waals surface area contributed by atoms with E-state index < -0.39 is 5.54 Å². The molecule has 1 atom stereocenters. The highest BCUT2D eigenvalue weighted by Gasteiger charge is 2.36. The van der Waals surface area contributed by atoms with Crippen molar-refractivity contribution in [2.75, 3.05) is 18.6 Å². The van der Waals surface area contributed by atoms with Crippen molar-refractivity contribution >= 4 is 17.7 Å². The van der Waals surface area contributed by atoms with Gasteiger partial charge in [-0.1, -0.05) is 43.2 Å². The molecular formula is C17H26N2OS. The molecule has 1 unspecified atom stereocenters. The highest BCUT2D eigenvalue weighted by molar-refractivity contribution is 7.99. The van der Waals surface area contributed by atoms with Gasteiger partial charge in [0.1, 0.15) is 5.54 Å². The summed E-state index contributed by atoms with van der Waals surface area (Å²) in [5.74, 6) is 2.75. The Kier molecular flexibility index (Phi) is 6.12. The van der Waals surface area contributed by atoms with E-state index in [1.807, 2.05) is 49.1 Å². The van der Waals surface area contributed by atoms with E-state index in [0.717, 1.165) is 23.7 Å². The molecule has 21 heavy (non-hydrogen) atoms. The summed E-state index contributed by atoms with van der Waals surface area (Å²) < 4.78 is 0. The van der Waals surface area contributed by atoms with Gasteiger partial charge in [0.2, 0.25) is 5.91 Å². The summed E-state index contributed by atoms with van der Waals surface area (Å²) in [6.07, 6.45) is 6.26. The second kappa shape index (κ2) is 7.85. The highest BCUT2D eigenvalue weighted by Crippen LogP contribution is 2.30. The van der Waals surface area contributed by atoms with Gasteiger partial charge in [0.25, 0.3) is 0 Å². The van der Waals surface area contributed by atoms with Gasteiger partial charge in [-0.2, -0.15) is 11.8 Å². The zero-order valence-corrected chi connectivity index (χ0v) is 13.6. The molecule has 0 bridgehead atoms. The molecule has 1 amide bonds. The molecule has 0 heterocycles. The fourth-order valence-corrected chi connectivity index (χ4v) is 4.46. The van der Waals surface area contributed by atoms with E-state index in [2.05, 4.69) is 5.32 Å². The lowest BCUT2D eigenvalue weighted by Crippen LogP contribution is -2.51. The molecule has 1 aromatic carbocycles. The molecule has 3 nitrogen and oxygen atoms in total. The second-order valence-electron chi connectivity index (χ2n) is 5.86. The Bertz CT molecular complexity index is 445. The topological polar surface area (TPSA) is 55.1 Å². The third-order valence-corrected chi connectivity index (χ3v) is 5.76. The minimum atomic E-state index is -0.746. The Balaban J connectivity index is 1.95. The molecule has 0 aliphatic heterocycles. The van der Waals surface area contributed by atoms with E-state index in [4.69, 9.17) is 5.73 Å². The Labute approximate surface area is 132 Å². The molecule has 3 N–H and O–H groups in total.